The third kappa shape index (κ3) is 5.34. The summed E-state index contributed by atoms with van der Waals surface area (Å²) >= 11 is 0. The van der Waals surface area contributed by atoms with Crippen molar-refractivity contribution in [2.24, 2.45) is 0 Å². The van der Waals surface area contributed by atoms with Crippen molar-refractivity contribution in [1.29, 1.82) is 0 Å². The van der Waals surface area contributed by atoms with E-state index in [-0.39, 0.29) is 29.3 Å². The molecule has 4 rings (SSSR count). The number of ether oxygens (including phenoxy) is 1. The predicted molar refractivity (Wildman–Crippen MR) is 124 cm³/mol. The minimum Gasteiger partial charge on any atom is -0.488 e. The zero-order valence-electron chi connectivity index (χ0n) is 18.9. The van der Waals surface area contributed by atoms with E-state index in [1.165, 1.54) is 30.8 Å². The van der Waals surface area contributed by atoms with Crippen LogP contribution >= 0.6 is 0 Å². The third-order valence-electron chi connectivity index (χ3n) is 5.99. The molecule has 0 aliphatic carbocycles. The Kier molecular flexibility index (Phi) is 7.08. The number of anilines is 1. The van der Waals surface area contributed by atoms with Crippen molar-refractivity contribution in [2.75, 3.05) is 17.8 Å². The van der Waals surface area contributed by atoms with Crippen molar-refractivity contribution in [1.82, 2.24) is 14.9 Å². The number of hydrogen-bond donors (Lipinski definition) is 1. The van der Waals surface area contributed by atoms with Crippen molar-refractivity contribution in [3.05, 3.63) is 77.6 Å². The monoisotopic (exact) mass is 488 g/mol. The van der Waals surface area contributed by atoms with Gasteiger partial charge in [0.1, 0.15) is 17.7 Å². The SMILES string of the molecule is Cc1c(OC2CCN(C(C)c3ccccc3)CC2)cnc(S(=O)(=O)Nc2cccc(F)n2)c1F. The van der Waals surface area contributed by atoms with Crippen molar-refractivity contribution in [3.63, 3.8) is 0 Å². The highest BCUT2D eigenvalue weighted by molar-refractivity contribution is 7.92. The van der Waals surface area contributed by atoms with Crippen LogP contribution in [0.5, 0.6) is 5.75 Å². The number of hydrogen-bond acceptors (Lipinski definition) is 6. The summed E-state index contributed by atoms with van der Waals surface area (Å²) < 4.78 is 61.5. The average molecular weight is 489 g/mol. The van der Waals surface area contributed by atoms with E-state index < -0.39 is 26.8 Å². The van der Waals surface area contributed by atoms with Crippen molar-refractivity contribution >= 4 is 15.8 Å². The summed E-state index contributed by atoms with van der Waals surface area (Å²) in [4.78, 5) is 9.61. The maximum atomic E-state index is 15.0. The molecule has 1 atom stereocenters. The zero-order valence-corrected chi connectivity index (χ0v) is 19.7. The number of likely N-dealkylation sites (tertiary alicyclic amines) is 1. The molecule has 3 aromatic rings. The number of nitrogens with one attached hydrogen (secondary N) is 1. The summed E-state index contributed by atoms with van der Waals surface area (Å²) in [5.74, 6) is -1.94. The van der Waals surface area contributed by atoms with Gasteiger partial charge in [-0.25, -0.2) is 14.4 Å². The highest BCUT2D eigenvalue weighted by Crippen LogP contribution is 2.29. The molecule has 7 nitrogen and oxygen atoms in total. The second kappa shape index (κ2) is 10.0. The number of aromatic nitrogens is 2. The first-order valence-corrected chi connectivity index (χ1v) is 12.5. The fraction of sp³-hybridized carbons (Fsp3) is 0.333. The molecule has 0 amide bonds. The molecular formula is C24H26F2N4O3S. The van der Waals surface area contributed by atoms with Crippen LogP contribution < -0.4 is 9.46 Å². The van der Waals surface area contributed by atoms with Gasteiger partial charge >= 0.3 is 0 Å². The van der Waals surface area contributed by atoms with Crippen LogP contribution in [0.15, 0.2) is 59.8 Å². The Hall–Kier alpha value is -3.11. The number of benzene rings is 1. The van der Waals surface area contributed by atoms with Gasteiger partial charge in [-0.15, -0.1) is 0 Å². The van der Waals surface area contributed by atoms with Gasteiger partial charge < -0.3 is 4.74 Å². The standard InChI is InChI=1S/C24H26F2N4O3S/c1-16-20(33-19-11-13-30(14-12-19)17(2)18-7-4-3-5-8-18)15-27-24(23(16)26)34(31,32)29-22-10-6-9-21(25)28-22/h3-10,15,17,19H,11-14H2,1-2H3,(H,28,29). The van der Waals surface area contributed by atoms with Gasteiger partial charge in [0, 0.05) is 24.7 Å². The van der Waals surface area contributed by atoms with Crippen LogP contribution in [0.2, 0.25) is 0 Å². The van der Waals surface area contributed by atoms with E-state index in [2.05, 4.69) is 33.9 Å². The van der Waals surface area contributed by atoms with Crippen molar-refractivity contribution in [3.8, 4) is 5.75 Å². The molecule has 2 aromatic heterocycles. The van der Waals surface area contributed by atoms with Crippen LogP contribution in [0.4, 0.5) is 14.6 Å². The van der Waals surface area contributed by atoms with Crippen LogP contribution in [0.1, 0.15) is 36.9 Å². The van der Waals surface area contributed by atoms with Gasteiger partial charge in [-0.2, -0.15) is 12.8 Å². The molecule has 1 saturated heterocycles. The lowest BCUT2D eigenvalue weighted by Gasteiger charge is -2.36. The number of rotatable bonds is 7. The first-order chi connectivity index (χ1) is 16.2. The Morgan fingerprint density at radius 3 is 2.47 bits per heavy atom. The summed E-state index contributed by atoms with van der Waals surface area (Å²) in [7, 11) is -4.40. The molecule has 1 N–H and O–H groups in total. The first kappa shape index (κ1) is 24.0. The second-order valence-electron chi connectivity index (χ2n) is 8.26. The van der Waals surface area contributed by atoms with Gasteiger partial charge in [0.15, 0.2) is 5.82 Å². The van der Waals surface area contributed by atoms with Crippen LogP contribution in [0.3, 0.4) is 0 Å². The molecule has 34 heavy (non-hydrogen) atoms. The lowest BCUT2D eigenvalue weighted by Crippen LogP contribution is -2.39. The Balaban J connectivity index is 1.42. The van der Waals surface area contributed by atoms with E-state index >= 15 is 0 Å². The summed E-state index contributed by atoms with van der Waals surface area (Å²) in [6, 6.07) is 14.2. The van der Waals surface area contributed by atoms with Gasteiger partial charge in [-0.05, 0) is 44.4 Å². The largest absolute Gasteiger partial charge is 0.488 e. The summed E-state index contributed by atoms with van der Waals surface area (Å²) in [6.45, 7) is 5.27. The van der Waals surface area contributed by atoms with E-state index in [9.17, 15) is 17.2 Å². The molecule has 180 valence electrons. The van der Waals surface area contributed by atoms with Gasteiger partial charge in [0.25, 0.3) is 10.0 Å². The molecule has 1 aromatic carbocycles. The highest BCUT2D eigenvalue weighted by atomic mass is 32.2. The molecule has 1 unspecified atom stereocenters. The predicted octanol–water partition coefficient (Wildman–Crippen LogP) is 4.47. The van der Waals surface area contributed by atoms with Crippen LogP contribution in [-0.2, 0) is 10.0 Å². The number of nitrogens with zero attached hydrogens (tertiary/aromatic N) is 3. The number of pyridine rings is 2. The molecule has 0 bridgehead atoms. The van der Waals surface area contributed by atoms with Crippen molar-refractivity contribution in [2.45, 2.75) is 43.9 Å². The maximum Gasteiger partial charge on any atom is 0.283 e. The Bertz CT molecular complexity index is 1250. The molecule has 0 saturated carbocycles. The van der Waals surface area contributed by atoms with Crippen LogP contribution in [0, 0.1) is 18.7 Å². The molecular weight excluding hydrogens is 462 g/mol. The van der Waals surface area contributed by atoms with Gasteiger partial charge in [0.2, 0.25) is 11.0 Å². The number of halogens is 2. The molecule has 10 heteroatoms. The Morgan fingerprint density at radius 1 is 1.09 bits per heavy atom. The van der Waals surface area contributed by atoms with E-state index in [0.717, 1.165) is 32.0 Å². The lowest BCUT2D eigenvalue weighted by molar-refractivity contribution is 0.0787. The van der Waals surface area contributed by atoms with E-state index in [1.807, 2.05) is 22.9 Å². The minimum atomic E-state index is -4.40. The normalized spacial score (nSPS) is 16.2. The maximum absolute atomic E-state index is 15.0. The van der Waals surface area contributed by atoms with Crippen LogP contribution in [-0.4, -0.2) is 42.5 Å². The van der Waals surface area contributed by atoms with E-state index in [1.54, 1.807) is 0 Å². The fourth-order valence-electron chi connectivity index (χ4n) is 4.00. The van der Waals surface area contributed by atoms with Crippen molar-refractivity contribution < 1.29 is 21.9 Å². The summed E-state index contributed by atoms with van der Waals surface area (Å²) in [5.41, 5.74) is 1.30. The molecule has 1 aliphatic heterocycles. The number of piperidine rings is 1. The van der Waals surface area contributed by atoms with Crippen LogP contribution in [0.25, 0.3) is 0 Å². The van der Waals surface area contributed by atoms with E-state index in [0.29, 0.717) is 0 Å². The molecule has 0 radical (unpaired) electrons. The van der Waals surface area contributed by atoms with Gasteiger partial charge in [-0.3, -0.25) is 9.62 Å². The number of sulfonamides is 1. The van der Waals surface area contributed by atoms with Gasteiger partial charge in [-0.1, -0.05) is 36.4 Å². The summed E-state index contributed by atoms with van der Waals surface area (Å²) in [5, 5.41) is -0.796. The lowest BCUT2D eigenvalue weighted by atomic mass is 10.0. The minimum absolute atomic E-state index is 0.0441. The molecule has 3 heterocycles. The average Bonchev–Trinajstić information content (AvgIpc) is 2.82. The topological polar surface area (TPSA) is 84.4 Å². The Morgan fingerprint density at radius 2 is 1.79 bits per heavy atom. The first-order valence-electron chi connectivity index (χ1n) is 11.0. The highest BCUT2D eigenvalue weighted by Gasteiger charge is 2.28. The summed E-state index contributed by atoms with van der Waals surface area (Å²) in [6.07, 6.45) is 2.59. The Labute approximate surface area is 197 Å². The smallest absolute Gasteiger partial charge is 0.283 e. The quantitative estimate of drug-likeness (QED) is 0.494. The molecule has 1 fully saturated rings. The molecule has 1 aliphatic rings. The zero-order chi connectivity index (χ0) is 24.3. The van der Waals surface area contributed by atoms with E-state index in [4.69, 9.17) is 4.74 Å². The second-order valence-corrected chi connectivity index (χ2v) is 9.86. The molecule has 0 spiro atoms. The van der Waals surface area contributed by atoms with Gasteiger partial charge in [0.05, 0.1) is 6.20 Å². The fourth-order valence-corrected chi connectivity index (χ4v) is 5.07. The third-order valence-corrected chi connectivity index (χ3v) is 7.27.